The van der Waals surface area contributed by atoms with E-state index in [2.05, 4.69) is 0 Å². The molecule has 15 heavy (non-hydrogen) atoms. The zero-order chi connectivity index (χ0) is 11.5. The zero-order valence-electron chi connectivity index (χ0n) is 8.62. The van der Waals surface area contributed by atoms with E-state index in [4.69, 9.17) is 0 Å². The van der Waals surface area contributed by atoms with Crippen molar-refractivity contribution in [3.8, 4) is 0 Å². The number of carbonyl (C=O) groups is 1. The summed E-state index contributed by atoms with van der Waals surface area (Å²) in [6.45, 7) is 1.54. The molecule has 1 rings (SSSR count). The molecule has 0 aliphatic carbocycles. The molecule has 5 heteroatoms. The molecule has 0 amide bonds. The highest BCUT2D eigenvalue weighted by molar-refractivity contribution is 7.89. The minimum absolute atomic E-state index is 0.196. The quantitative estimate of drug-likeness (QED) is 0.718. The van der Waals surface area contributed by atoms with Crippen LogP contribution >= 0.6 is 0 Å². The van der Waals surface area contributed by atoms with Crippen molar-refractivity contribution >= 4 is 16.3 Å². The molecule has 0 aromatic heterocycles. The first-order valence-electron chi connectivity index (χ1n) is 4.48. The predicted molar refractivity (Wildman–Crippen MR) is 56.9 cm³/mol. The van der Waals surface area contributed by atoms with Gasteiger partial charge in [-0.25, -0.2) is 8.42 Å². The van der Waals surface area contributed by atoms with Crippen molar-refractivity contribution in [1.82, 2.24) is 4.31 Å². The molecule has 0 unspecified atom stereocenters. The van der Waals surface area contributed by atoms with Gasteiger partial charge in [0.25, 0.3) is 0 Å². The zero-order valence-corrected chi connectivity index (χ0v) is 9.44. The fourth-order valence-electron chi connectivity index (χ4n) is 1.06. The average Bonchev–Trinajstić information content (AvgIpc) is 2.28. The second-order valence-corrected chi connectivity index (χ2v) is 5.21. The summed E-state index contributed by atoms with van der Waals surface area (Å²) >= 11 is 0. The van der Waals surface area contributed by atoms with Gasteiger partial charge in [-0.2, -0.15) is 4.31 Å². The summed E-state index contributed by atoms with van der Waals surface area (Å²) in [4.78, 5) is 10.7. The Kier molecular flexibility index (Phi) is 3.60. The predicted octanol–water partition coefficient (Wildman–Crippen LogP) is 0.894. The van der Waals surface area contributed by atoms with Gasteiger partial charge in [-0.1, -0.05) is 18.2 Å². The largest absolute Gasteiger partial charge is 0.302 e. The van der Waals surface area contributed by atoms with Gasteiger partial charge in [0.15, 0.2) is 0 Å². The third-order valence-electron chi connectivity index (χ3n) is 2.19. The van der Waals surface area contributed by atoms with Gasteiger partial charge in [0.2, 0.25) is 10.0 Å². The number of aldehydes is 1. The number of hydrogen-bond donors (Lipinski definition) is 0. The Labute approximate surface area is 89.6 Å². The van der Waals surface area contributed by atoms with Crippen LogP contribution in [0.1, 0.15) is 6.92 Å². The van der Waals surface area contributed by atoms with Gasteiger partial charge in [0.1, 0.15) is 6.29 Å². The topological polar surface area (TPSA) is 54.5 Å². The maximum absolute atomic E-state index is 11.9. The van der Waals surface area contributed by atoms with Crippen LogP contribution in [0.2, 0.25) is 0 Å². The van der Waals surface area contributed by atoms with E-state index in [1.807, 2.05) is 0 Å². The lowest BCUT2D eigenvalue weighted by Crippen LogP contribution is -2.35. The molecular weight excluding hydrogens is 214 g/mol. The number of rotatable bonds is 4. The lowest BCUT2D eigenvalue weighted by molar-refractivity contribution is -0.110. The molecule has 0 radical (unpaired) electrons. The maximum Gasteiger partial charge on any atom is 0.243 e. The van der Waals surface area contributed by atoms with Crippen LogP contribution in [0.5, 0.6) is 0 Å². The molecule has 4 nitrogen and oxygen atoms in total. The van der Waals surface area contributed by atoms with Gasteiger partial charge in [-0.15, -0.1) is 0 Å². The molecular formula is C10H13NO3S. The molecule has 0 N–H and O–H groups in total. The second-order valence-electron chi connectivity index (χ2n) is 3.21. The first-order valence-corrected chi connectivity index (χ1v) is 5.92. The van der Waals surface area contributed by atoms with Crippen molar-refractivity contribution in [2.75, 3.05) is 7.05 Å². The van der Waals surface area contributed by atoms with Gasteiger partial charge in [-0.05, 0) is 19.1 Å². The van der Waals surface area contributed by atoms with Crippen molar-refractivity contribution in [2.24, 2.45) is 0 Å². The summed E-state index contributed by atoms with van der Waals surface area (Å²) in [5.74, 6) is 0. The van der Waals surface area contributed by atoms with E-state index < -0.39 is 16.1 Å². The van der Waals surface area contributed by atoms with E-state index in [1.54, 1.807) is 18.2 Å². The highest BCUT2D eigenvalue weighted by Gasteiger charge is 2.24. The summed E-state index contributed by atoms with van der Waals surface area (Å²) in [5, 5.41) is 0. The maximum atomic E-state index is 11.9. The van der Waals surface area contributed by atoms with E-state index in [0.717, 1.165) is 4.31 Å². The van der Waals surface area contributed by atoms with Crippen molar-refractivity contribution in [1.29, 1.82) is 0 Å². The lowest BCUT2D eigenvalue weighted by atomic mass is 10.4. The molecule has 0 saturated heterocycles. The molecule has 0 saturated carbocycles. The fourth-order valence-corrected chi connectivity index (χ4v) is 2.38. The molecule has 0 spiro atoms. The molecule has 0 aliphatic rings. The number of nitrogens with zero attached hydrogens (tertiary/aromatic N) is 1. The smallest absolute Gasteiger partial charge is 0.243 e. The Balaban J connectivity index is 3.09. The second kappa shape index (κ2) is 4.55. The van der Waals surface area contributed by atoms with Gasteiger partial charge in [-0.3, -0.25) is 0 Å². The highest BCUT2D eigenvalue weighted by Crippen LogP contribution is 2.14. The minimum atomic E-state index is -3.55. The van der Waals surface area contributed by atoms with E-state index >= 15 is 0 Å². The van der Waals surface area contributed by atoms with E-state index in [9.17, 15) is 13.2 Å². The van der Waals surface area contributed by atoms with Crippen molar-refractivity contribution < 1.29 is 13.2 Å². The van der Waals surface area contributed by atoms with Crippen molar-refractivity contribution in [3.63, 3.8) is 0 Å². The Hall–Kier alpha value is -1.20. The average molecular weight is 227 g/mol. The Morgan fingerprint density at radius 3 is 2.27 bits per heavy atom. The molecule has 0 heterocycles. The van der Waals surface area contributed by atoms with Crippen molar-refractivity contribution in [2.45, 2.75) is 17.9 Å². The summed E-state index contributed by atoms with van der Waals surface area (Å²) in [6.07, 6.45) is 0.598. The standard InChI is InChI=1S/C10H13NO3S/c1-9(8-12)11(2)15(13,14)10-6-4-3-5-7-10/h3-9H,1-2H3/t9-/m0/s1. The third-order valence-corrected chi connectivity index (χ3v) is 4.15. The van der Waals surface area contributed by atoms with Gasteiger partial charge < -0.3 is 4.79 Å². The molecule has 0 bridgehead atoms. The van der Waals surface area contributed by atoms with Crippen LogP contribution in [0.3, 0.4) is 0 Å². The Bertz CT molecular complexity index is 427. The van der Waals surface area contributed by atoms with Crippen LogP contribution in [0.15, 0.2) is 35.2 Å². The molecule has 1 atom stereocenters. The molecule has 1 aromatic rings. The van der Waals surface area contributed by atoms with E-state index in [-0.39, 0.29) is 4.90 Å². The number of hydrogen-bond acceptors (Lipinski definition) is 3. The first kappa shape index (κ1) is 11.9. The summed E-state index contributed by atoms with van der Waals surface area (Å²) in [6, 6.07) is 7.38. The van der Waals surface area contributed by atoms with Gasteiger partial charge in [0.05, 0.1) is 10.9 Å². The summed E-state index contributed by atoms with van der Waals surface area (Å²) in [7, 11) is -2.16. The van der Waals surface area contributed by atoms with Crippen LogP contribution in [-0.4, -0.2) is 32.1 Å². The monoisotopic (exact) mass is 227 g/mol. The SMILES string of the molecule is C[C@@H](C=O)N(C)S(=O)(=O)c1ccccc1. The van der Waals surface area contributed by atoms with Crippen LogP contribution in [-0.2, 0) is 14.8 Å². The normalized spacial score (nSPS) is 13.8. The van der Waals surface area contributed by atoms with Crippen LogP contribution in [0.25, 0.3) is 0 Å². The summed E-state index contributed by atoms with van der Waals surface area (Å²) < 4.78 is 24.8. The molecule has 0 fully saturated rings. The number of carbonyl (C=O) groups excluding carboxylic acids is 1. The Morgan fingerprint density at radius 2 is 1.80 bits per heavy atom. The number of likely N-dealkylation sites (N-methyl/N-ethyl adjacent to an activating group) is 1. The molecule has 82 valence electrons. The molecule has 1 aromatic carbocycles. The van der Waals surface area contributed by atoms with Crippen molar-refractivity contribution in [3.05, 3.63) is 30.3 Å². The minimum Gasteiger partial charge on any atom is -0.302 e. The first-order chi connectivity index (χ1) is 7.00. The van der Waals surface area contributed by atoms with Crippen LogP contribution < -0.4 is 0 Å². The van der Waals surface area contributed by atoms with Crippen LogP contribution in [0, 0.1) is 0 Å². The number of benzene rings is 1. The summed E-state index contributed by atoms with van der Waals surface area (Å²) in [5.41, 5.74) is 0. The van der Waals surface area contributed by atoms with Crippen LogP contribution in [0.4, 0.5) is 0 Å². The third kappa shape index (κ3) is 2.43. The molecule has 0 aliphatic heterocycles. The van der Waals surface area contributed by atoms with Gasteiger partial charge in [0, 0.05) is 7.05 Å². The van der Waals surface area contributed by atoms with E-state index in [0.29, 0.717) is 6.29 Å². The fraction of sp³-hybridized carbons (Fsp3) is 0.300. The highest BCUT2D eigenvalue weighted by atomic mass is 32.2. The number of sulfonamides is 1. The van der Waals surface area contributed by atoms with Gasteiger partial charge >= 0.3 is 0 Å². The van der Waals surface area contributed by atoms with E-state index in [1.165, 1.54) is 26.1 Å². The Morgan fingerprint density at radius 1 is 1.27 bits per heavy atom. The lowest BCUT2D eigenvalue weighted by Gasteiger charge is -2.19.